The molecule has 0 amide bonds. The van der Waals surface area contributed by atoms with Crippen molar-refractivity contribution in [3.8, 4) is 23.8 Å². The Labute approximate surface area is 109 Å². The van der Waals surface area contributed by atoms with Crippen molar-refractivity contribution in [1.82, 2.24) is 0 Å². The van der Waals surface area contributed by atoms with Crippen molar-refractivity contribution in [2.24, 2.45) is 5.73 Å². The minimum atomic E-state index is 0.457. The number of unbranched alkanes of at least 4 members (excludes halogenated alkanes) is 1. The number of benzene rings is 1. The summed E-state index contributed by atoms with van der Waals surface area (Å²) in [5.41, 5.74) is 6.66. The fourth-order valence-corrected chi connectivity index (χ4v) is 1.50. The molecule has 0 atom stereocenters. The Hall–Kier alpha value is -1.66. The summed E-state index contributed by atoms with van der Waals surface area (Å²) in [6.45, 7) is 3.84. The van der Waals surface area contributed by atoms with E-state index in [1.165, 1.54) is 0 Å². The normalized spacial score (nSPS) is 9.83. The summed E-state index contributed by atoms with van der Waals surface area (Å²) in [5, 5.41) is 0. The highest BCUT2D eigenvalue weighted by molar-refractivity contribution is 5.40. The van der Waals surface area contributed by atoms with Crippen LogP contribution in [0, 0.1) is 12.3 Å². The van der Waals surface area contributed by atoms with Gasteiger partial charge in [-0.15, -0.1) is 12.3 Å². The molecule has 2 N–H and O–H groups in total. The minimum Gasteiger partial charge on any atom is -0.493 e. The first kappa shape index (κ1) is 14.4. The van der Waals surface area contributed by atoms with Crippen LogP contribution in [0.4, 0.5) is 0 Å². The molecule has 0 radical (unpaired) electrons. The monoisotopic (exact) mass is 247 g/mol. The fourth-order valence-electron chi connectivity index (χ4n) is 1.50. The van der Waals surface area contributed by atoms with Crippen LogP contribution in [0.25, 0.3) is 0 Å². The first-order valence-electron chi connectivity index (χ1n) is 6.33. The first-order chi connectivity index (χ1) is 8.81. The SMILES string of the molecule is C#CCCCOc1cc(OCCC)ccc1CN. The number of nitrogens with two attached hydrogens (primary N) is 1. The van der Waals surface area contributed by atoms with Gasteiger partial charge >= 0.3 is 0 Å². The van der Waals surface area contributed by atoms with Gasteiger partial charge in [-0.05, 0) is 18.9 Å². The molecule has 0 fully saturated rings. The average Bonchev–Trinajstić information content (AvgIpc) is 2.41. The quantitative estimate of drug-likeness (QED) is 0.567. The third-order valence-corrected chi connectivity index (χ3v) is 2.45. The molecule has 0 saturated heterocycles. The van der Waals surface area contributed by atoms with E-state index in [1.54, 1.807) is 0 Å². The van der Waals surface area contributed by atoms with Gasteiger partial charge in [-0.3, -0.25) is 0 Å². The van der Waals surface area contributed by atoms with Crippen molar-refractivity contribution < 1.29 is 9.47 Å². The Morgan fingerprint density at radius 1 is 1.28 bits per heavy atom. The summed E-state index contributed by atoms with van der Waals surface area (Å²) in [5.74, 6) is 4.21. The number of hydrogen-bond donors (Lipinski definition) is 1. The molecule has 98 valence electrons. The van der Waals surface area contributed by atoms with Crippen LogP contribution in [-0.2, 0) is 6.54 Å². The van der Waals surface area contributed by atoms with Crippen molar-refractivity contribution in [3.05, 3.63) is 23.8 Å². The highest BCUT2D eigenvalue weighted by Crippen LogP contribution is 2.25. The number of hydrogen-bond acceptors (Lipinski definition) is 3. The predicted octanol–water partition coefficient (Wildman–Crippen LogP) is 2.73. The molecule has 1 rings (SSSR count). The lowest BCUT2D eigenvalue weighted by atomic mass is 10.2. The maximum absolute atomic E-state index is 5.70. The van der Waals surface area contributed by atoms with E-state index in [0.717, 1.165) is 36.3 Å². The van der Waals surface area contributed by atoms with Crippen LogP contribution >= 0.6 is 0 Å². The molecular weight excluding hydrogens is 226 g/mol. The Bertz CT molecular complexity index is 396. The largest absolute Gasteiger partial charge is 0.493 e. The van der Waals surface area contributed by atoms with Crippen molar-refractivity contribution in [3.63, 3.8) is 0 Å². The lowest BCUT2D eigenvalue weighted by molar-refractivity contribution is 0.297. The predicted molar refractivity (Wildman–Crippen MR) is 73.7 cm³/mol. The van der Waals surface area contributed by atoms with E-state index in [4.69, 9.17) is 21.6 Å². The van der Waals surface area contributed by atoms with Crippen molar-refractivity contribution in [2.45, 2.75) is 32.7 Å². The Morgan fingerprint density at radius 2 is 2.11 bits per heavy atom. The van der Waals surface area contributed by atoms with Gasteiger partial charge in [0.05, 0.1) is 13.2 Å². The molecule has 0 aromatic heterocycles. The van der Waals surface area contributed by atoms with Crippen molar-refractivity contribution in [1.29, 1.82) is 0 Å². The van der Waals surface area contributed by atoms with E-state index < -0.39 is 0 Å². The van der Waals surface area contributed by atoms with E-state index in [-0.39, 0.29) is 0 Å². The molecule has 0 aliphatic carbocycles. The van der Waals surface area contributed by atoms with Crippen LogP contribution in [0.2, 0.25) is 0 Å². The zero-order valence-corrected chi connectivity index (χ0v) is 10.9. The zero-order chi connectivity index (χ0) is 13.2. The standard InChI is InChI=1S/C15H21NO2/c1-3-5-6-10-18-15-11-14(17-9-4-2)8-7-13(15)12-16/h1,7-8,11H,4-6,9-10,12,16H2,2H3. The molecule has 0 unspecified atom stereocenters. The maximum atomic E-state index is 5.70. The Balaban J connectivity index is 2.63. The summed E-state index contributed by atoms with van der Waals surface area (Å²) >= 11 is 0. The number of rotatable bonds is 8. The number of ether oxygens (including phenoxy) is 2. The maximum Gasteiger partial charge on any atom is 0.127 e. The van der Waals surface area contributed by atoms with Crippen LogP contribution < -0.4 is 15.2 Å². The van der Waals surface area contributed by atoms with E-state index in [1.807, 2.05) is 18.2 Å². The first-order valence-corrected chi connectivity index (χ1v) is 6.33. The lowest BCUT2D eigenvalue weighted by Gasteiger charge is -2.12. The molecule has 1 aromatic rings. The average molecular weight is 247 g/mol. The van der Waals surface area contributed by atoms with Gasteiger partial charge in [0.25, 0.3) is 0 Å². The molecule has 0 aliphatic rings. The number of terminal acetylenes is 1. The summed E-state index contributed by atoms with van der Waals surface area (Å²) in [7, 11) is 0. The van der Waals surface area contributed by atoms with Gasteiger partial charge in [-0.25, -0.2) is 0 Å². The van der Waals surface area contributed by atoms with Crippen molar-refractivity contribution >= 4 is 0 Å². The lowest BCUT2D eigenvalue weighted by Crippen LogP contribution is -2.04. The van der Waals surface area contributed by atoms with Gasteiger partial charge in [-0.2, -0.15) is 0 Å². The Morgan fingerprint density at radius 3 is 2.78 bits per heavy atom. The van der Waals surface area contributed by atoms with Gasteiger partial charge in [0, 0.05) is 24.6 Å². The second-order valence-corrected chi connectivity index (χ2v) is 3.98. The molecule has 0 heterocycles. The van der Waals surface area contributed by atoms with E-state index in [0.29, 0.717) is 19.8 Å². The highest BCUT2D eigenvalue weighted by Gasteiger charge is 2.04. The summed E-state index contributed by atoms with van der Waals surface area (Å²) in [6.07, 6.45) is 7.75. The van der Waals surface area contributed by atoms with Crippen LogP contribution in [0.5, 0.6) is 11.5 Å². The molecule has 0 spiro atoms. The molecule has 0 aliphatic heterocycles. The van der Waals surface area contributed by atoms with Crippen LogP contribution in [0.15, 0.2) is 18.2 Å². The molecule has 3 heteroatoms. The second kappa shape index (κ2) is 8.43. The molecule has 3 nitrogen and oxygen atoms in total. The smallest absolute Gasteiger partial charge is 0.127 e. The zero-order valence-electron chi connectivity index (χ0n) is 10.9. The van der Waals surface area contributed by atoms with E-state index in [9.17, 15) is 0 Å². The molecule has 0 bridgehead atoms. The van der Waals surface area contributed by atoms with E-state index >= 15 is 0 Å². The third-order valence-electron chi connectivity index (χ3n) is 2.45. The third kappa shape index (κ3) is 4.68. The molecule has 0 saturated carbocycles. The minimum absolute atomic E-state index is 0.457. The van der Waals surface area contributed by atoms with Gasteiger partial charge in [0.15, 0.2) is 0 Å². The van der Waals surface area contributed by atoms with Crippen LogP contribution in [0.1, 0.15) is 31.7 Å². The summed E-state index contributed by atoms with van der Waals surface area (Å²) in [4.78, 5) is 0. The summed E-state index contributed by atoms with van der Waals surface area (Å²) < 4.78 is 11.3. The summed E-state index contributed by atoms with van der Waals surface area (Å²) in [6, 6.07) is 5.77. The fraction of sp³-hybridized carbons (Fsp3) is 0.467. The second-order valence-electron chi connectivity index (χ2n) is 3.98. The topological polar surface area (TPSA) is 44.5 Å². The molecule has 18 heavy (non-hydrogen) atoms. The van der Waals surface area contributed by atoms with Crippen LogP contribution in [-0.4, -0.2) is 13.2 Å². The van der Waals surface area contributed by atoms with Crippen LogP contribution in [0.3, 0.4) is 0 Å². The van der Waals surface area contributed by atoms with E-state index in [2.05, 4.69) is 12.8 Å². The van der Waals surface area contributed by atoms with Gasteiger partial charge in [-0.1, -0.05) is 13.0 Å². The van der Waals surface area contributed by atoms with Gasteiger partial charge in [0.1, 0.15) is 11.5 Å². The van der Waals surface area contributed by atoms with Crippen molar-refractivity contribution in [2.75, 3.05) is 13.2 Å². The van der Waals surface area contributed by atoms with Gasteiger partial charge in [0.2, 0.25) is 0 Å². The van der Waals surface area contributed by atoms with Gasteiger partial charge < -0.3 is 15.2 Å². The molecular formula is C15H21NO2. The Kier molecular flexibility index (Phi) is 6.75. The molecule has 1 aromatic carbocycles. The highest BCUT2D eigenvalue weighted by atomic mass is 16.5.